The maximum absolute atomic E-state index is 2.45. The van der Waals surface area contributed by atoms with E-state index in [1.807, 2.05) is 0 Å². The fourth-order valence-corrected chi connectivity index (χ4v) is 2.79. The predicted molar refractivity (Wildman–Crippen MR) is 50.5 cm³/mol. The van der Waals surface area contributed by atoms with Gasteiger partial charge in [-0.3, -0.25) is 0 Å². The van der Waals surface area contributed by atoms with E-state index in [0.717, 1.165) is 17.8 Å². The maximum atomic E-state index is 2.45. The van der Waals surface area contributed by atoms with Crippen LogP contribution in [0.25, 0.3) is 0 Å². The first-order valence-corrected chi connectivity index (χ1v) is 5.07. The highest BCUT2D eigenvalue weighted by molar-refractivity contribution is 5.06. The van der Waals surface area contributed by atoms with Crippen molar-refractivity contribution in [1.29, 1.82) is 0 Å². The molecule has 4 unspecified atom stereocenters. The van der Waals surface area contributed by atoms with Gasteiger partial charge in [0.1, 0.15) is 0 Å². The van der Waals surface area contributed by atoms with Gasteiger partial charge in [-0.05, 0) is 23.2 Å². The van der Waals surface area contributed by atoms with Crippen molar-refractivity contribution >= 4 is 0 Å². The predicted octanol–water partition coefficient (Wildman–Crippen LogP) is 3.71. The van der Waals surface area contributed by atoms with Crippen LogP contribution in [0.3, 0.4) is 0 Å². The van der Waals surface area contributed by atoms with Gasteiger partial charge in [0.15, 0.2) is 0 Å². The Balaban J connectivity index is 2.53. The number of rotatable bonds is 3. The molecule has 1 rings (SSSR count). The van der Waals surface area contributed by atoms with Crippen LogP contribution >= 0.6 is 0 Å². The molecule has 0 spiro atoms. The Hall–Kier alpha value is 0. The molecule has 1 aliphatic rings. The Labute approximate surface area is 71.4 Å². The molecule has 1 fully saturated rings. The molecule has 0 aromatic carbocycles. The van der Waals surface area contributed by atoms with Crippen molar-refractivity contribution in [3.63, 3.8) is 0 Å². The summed E-state index contributed by atoms with van der Waals surface area (Å²) in [6.07, 6.45) is 2.72. The third-order valence-corrected chi connectivity index (χ3v) is 4.25. The minimum Gasteiger partial charge on any atom is -0.0651 e. The molecule has 0 heterocycles. The summed E-state index contributed by atoms with van der Waals surface area (Å²) in [5.74, 6) is 2.93. The molecule has 0 N–H and O–H groups in total. The molecular weight excluding hydrogens is 132 g/mol. The molecule has 0 nitrogen and oxygen atoms in total. The van der Waals surface area contributed by atoms with Crippen LogP contribution in [0.2, 0.25) is 0 Å². The SMILES string of the molecule is CCC(C)C1C(C)C1(C)CC. The van der Waals surface area contributed by atoms with Crippen LogP contribution < -0.4 is 0 Å². The summed E-state index contributed by atoms with van der Waals surface area (Å²) in [5.41, 5.74) is 0.690. The molecule has 0 amide bonds. The second kappa shape index (κ2) is 2.80. The topological polar surface area (TPSA) is 0 Å². The first-order valence-electron chi connectivity index (χ1n) is 5.07. The summed E-state index contributed by atoms with van der Waals surface area (Å²) in [7, 11) is 0. The second-order valence-corrected chi connectivity index (χ2v) is 4.56. The standard InChI is InChI=1S/C11H22/c1-6-8(3)10-9(4)11(10,5)7-2/h8-10H,6-7H2,1-5H3. The van der Waals surface area contributed by atoms with Crippen LogP contribution in [0.15, 0.2) is 0 Å². The molecule has 0 heteroatoms. The van der Waals surface area contributed by atoms with Crippen molar-refractivity contribution in [3.05, 3.63) is 0 Å². The largest absolute Gasteiger partial charge is 0.0651 e. The molecule has 66 valence electrons. The highest BCUT2D eigenvalue weighted by Gasteiger charge is 2.57. The third-order valence-electron chi connectivity index (χ3n) is 4.25. The van der Waals surface area contributed by atoms with Crippen molar-refractivity contribution in [2.75, 3.05) is 0 Å². The minimum absolute atomic E-state index is 0.690. The molecule has 0 aliphatic heterocycles. The first-order chi connectivity index (χ1) is 5.07. The zero-order chi connectivity index (χ0) is 8.65. The molecule has 0 aromatic heterocycles. The van der Waals surface area contributed by atoms with E-state index in [9.17, 15) is 0 Å². The van der Waals surface area contributed by atoms with Crippen LogP contribution in [0, 0.1) is 23.2 Å². The van der Waals surface area contributed by atoms with Gasteiger partial charge in [0, 0.05) is 0 Å². The van der Waals surface area contributed by atoms with Crippen LogP contribution in [-0.2, 0) is 0 Å². The number of hydrogen-bond acceptors (Lipinski definition) is 0. The molecule has 0 radical (unpaired) electrons. The van der Waals surface area contributed by atoms with E-state index in [-0.39, 0.29) is 0 Å². The van der Waals surface area contributed by atoms with Crippen molar-refractivity contribution in [2.45, 2.75) is 47.5 Å². The minimum atomic E-state index is 0.690. The van der Waals surface area contributed by atoms with Gasteiger partial charge < -0.3 is 0 Å². The average Bonchev–Trinajstić information content (AvgIpc) is 2.55. The second-order valence-electron chi connectivity index (χ2n) is 4.56. The lowest BCUT2D eigenvalue weighted by atomic mass is 9.94. The molecule has 1 aliphatic carbocycles. The lowest BCUT2D eigenvalue weighted by molar-refractivity contribution is 0.382. The average molecular weight is 154 g/mol. The fourth-order valence-electron chi connectivity index (χ4n) is 2.79. The summed E-state index contributed by atoms with van der Waals surface area (Å²) < 4.78 is 0. The van der Waals surface area contributed by atoms with Gasteiger partial charge in [-0.1, -0.05) is 47.5 Å². The zero-order valence-electron chi connectivity index (χ0n) is 8.65. The summed E-state index contributed by atoms with van der Waals surface area (Å²) >= 11 is 0. The summed E-state index contributed by atoms with van der Waals surface area (Å²) in [6, 6.07) is 0. The monoisotopic (exact) mass is 154 g/mol. The Morgan fingerprint density at radius 2 is 1.91 bits per heavy atom. The summed E-state index contributed by atoms with van der Waals surface area (Å²) in [4.78, 5) is 0. The highest BCUT2D eigenvalue weighted by atomic mass is 14.6. The fraction of sp³-hybridized carbons (Fsp3) is 1.00. The zero-order valence-corrected chi connectivity index (χ0v) is 8.65. The van der Waals surface area contributed by atoms with Gasteiger partial charge >= 0.3 is 0 Å². The van der Waals surface area contributed by atoms with Gasteiger partial charge in [0.25, 0.3) is 0 Å². The Morgan fingerprint density at radius 3 is 2.18 bits per heavy atom. The molecule has 1 saturated carbocycles. The lowest BCUT2D eigenvalue weighted by Gasteiger charge is -2.11. The Bertz CT molecular complexity index is 135. The molecule has 0 bridgehead atoms. The van der Waals surface area contributed by atoms with Crippen LogP contribution in [0.5, 0.6) is 0 Å². The van der Waals surface area contributed by atoms with Gasteiger partial charge in [-0.2, -0.15) is 0 Å². The third kappa shape index (κ3) is 1.21. The van der Waals surface area contributed by atoms with E-state index < -0.39 is 0 Å². The van der Waals surface area contributed by atoms with E-state index in [1.54, 1.807) is 0 Å². The van der Waals surface area contributed by atoms with Gasteiger partial charge in [-0.15, -0.1) is 0 Å². The Kier molecular flexibility index (Phi) is 2.32. The van der Waals surface area contributed by atoms with Crippen molar-refractivity contribution in [3.8, 4) is 0 Å². The van der Waals surface area contributed by atoms with E-state index in [2.05, 4.69) is 34.6 Å². The highest BCUT2D eigenvalue weighted by Crippen LogP contribution is 2.64. The number of hydrogen-bond donors (Lipinski definition) is 0. The molecule has 11 heavy (non-hydrogen) atoms. The van der Waals surface area contributed by atoms with E-state index in [4.69, 9.17) is 0 Å². The first kappa shape index (κ1) is 9.09. The Morgan fingerprint density at radius 1 is 1.36 bits per heavy atom. The van der Waals surface area contributed by atoms with Gasteiger partial charge in [-0.25, -0.2) is 0 Å². The van der Waals surface area contributed by atoms with Crippen LogP contribution in [-0.4, -0.2) is 0 Å². The molecule has 0 aromatic rings. The molecule has 0 saturated heterocycles. The molecule has 4 atom stereocenters. The van der Waals surface area contributed by atoms with E-state index in [0.29, 0.717) is 5.41 Å². The van der Waals surface area contributed by atoms with E-state index >= 15 is 0 Å². The maximum Gasteiger partial charge on any atom is -0.0266 e. The van der Waals surface area contributed by atoms with Crippen LogP contribution in [0.4, 0.5) is 0 Å². The quantitative estimate of drug-likeness (QED) is 0.581. The van der Waals surface area contributed by atoms with Crippen LogP contribution in [0.1, 0.15) is 47.5 Å². The lowest BCUT2D eigenvalue weighted by Crippen LogP contribution is -2.03. The van der Waals surface area contributed by atoms with E-state index in [1.165, 1.54) is 12.8 Å². The van der Waals surface area contributed by atoms with Gasteiger partial charge in [0.2, 0.25) is 0 Å². The smallest absolute Gasteiger partial charge is 0.0266 e. The normalized spacial score (nSPS) is 45.5. The van der Waals surface area contributed by atoms with Crippen molar-refractivity contribution in [2.24, 2.45) is 23.2 Å². The summed E-state index contributed by atoms with van der Waals surface area (Å²) in [6.45, 7) is 11.9. The summed E-state index contributed by atoms with van der Waals surface area (Å²) in [5, 5.41) is 0. The molecular formula is C11H22. The van der Waals surface area contributed by atoms with Gasteiger partial charge in [0.05, 0.1) is 0 Å². The van der Waals surface area contributed by atoms with Crippen molar-refractivity contribution in [1.82, 2.24) is 0 Å². The van der Waals surface area contributed by atoms with Crippen molar-refractivity contribution < 1.29 is 0 Å².